The summed E-state index contributed by atoms with van der Waals surface area (Å²) >= 11 is 0. The monoisotopic (exact) mass is 224 g/mol. The highest BCUT2D eigenvalue weighted by Crippen LogP contribution is 2.06. The molecule has 0 N–H and O–H groups in total. The number of benzene rings is 1. The molecule has 1 aromatic rings. The molecular weight excluding hydrogens is 207 g/mol. The maximum absolute atomic E-state index is 12.6. The summed E-state index contributed by atoms with van der Waals surface area (Å²) in [7, 11) is 0. The fraction of sp³-hybridized carbons (Fsp3) is 0.462. The minimum Gasteiger partial charge on any atom is -0.370 e. The minimum atomic E-state index is -0.336. The molecule has 0 aliphatic carbocycles. The largest absolute Gasteiger partial charge is 0.370 e. The Morgan fingerprint density at radius 1 is 1.38 bits per heavy atom. The molecule has 0 saturated heterocycles. The van der Waals surface area contributed by atoms with Crippen molar-refractivity contribution in [2.75, 3.05) is 6.61 Å². The number of carbonyl (C=O) groups excluding carboxylic acids is 1. The Morgan fingerprint density at radius 3 is 2.56 bits per heavy atom. The van der Waals surface area contributed by atoms with Gasteiger partial charge in [-0.2, -0.15) is 0 Å². The van der Waals surface area contributed by atoms with Crippen molar-refractivity contribution in [2.24, 2.45) is 0 Å². The van der Waals surface area contributed by atoms with Crippen molar-refractivity contribution in [3.63, 3.8) is 0 Å². The van der Waals surface area contributed by atoms with Crippen LogP contribution in [0.3, 0.4) is 0 Å². The van der Waals surface area contributed by atoms with Gasteiger partial charge in [-0.15, -0.1) is 0 Å². The summed E-state index contributed by atoms with van der Waals surface area (Å²) < 4.78 is 18.0. The van der Waals surface area contributed by atoms with E-state index in [0.29, 0.717) is 5.56 Å². The van der Waals surface area contributed by atoms with E-state index in [2.05, 4.69) is 6.92 Å². The average Bonchev–Trinajstić information content (AvgIpc) is 2.27. The second kappa shape index (κ2) is 6.38. The third-order valence-corrected chi connectivity index (χ3v) is 2.36. The summed E-state index contributed by atoms with van der Waals surface area (Å²) in [6.45, 7) is 4.08. The van der Waals surface area contributed by atoms with E-state index in [1.807, 2.05) is 6.92 Å². The second-order valence-corrected chi connectivity index (χ2v) is 3.84. The summed E-state index contributed by atoms with van der Waals surface area (Å²) in [5, 5.41) is 0. The van der Waals surface area contributed by atoms with Crippen molar-refractivity contribution in [3.05, 3.63) is 35.6 Å². The van der Waals surface area contributed by atoms with Crippen LogP contribution in [0.1, 0.15) is 37.0 Å². The Bertz CT molecular complexity index is 332. The van der Waals surface area contributed by atoms with Crippen LogP contribution in [0.5, 0.6) is 0 Å². The lowest BCUT2D eigenvalue weighted by Crippen LogP contribution is -2.15. The van der Waals surface area contributed by atoms with Crippen molar-refractivity contribution in [1.29, 1.82) is 0 Å². The van der Waals surface area contributed by atoms with Gasteiger partial charge in [-0.3, -0.25) is 4.79 Å². The van der Waals surface area contributed by atoms with Crippen molar-refractivity contribution >= 4 is 5.78 Å². The molecule has 0 spiro atoms. The van der Waals surface area contributed by atoms with E-state index in [1.165, 1.54) is 24.3 Å². The number of rotatable bonds is 6. The van der Waals surface area contributed by atoms with Gasteiger partial charge in [0.2, 0.25) is 0 Å². The molecule has 1 unspecified atom stereocenters. The van der Waals surface area contributed by atoms with E-state index in [9.17, 15) is 9.18 Å². The van der Waals surface area contributed by atoms with Crippen LogP contribution in [0.4, 0.5) is 4.39 Å². The van der Waals surface area contributed by atoms with Gasteiger partial charge in [0, 0.05) is 5.56 Å². The van der Waals surface area contributed by atoms with Crippen LogP contribution in [0, 0.1) is 5.82 Å². The van der Waals surface area contributed by atoms with Gasteiger partial charge in [0.1, 0.15) is 12.4 Å². The molecule has 0 saturated carbocycles. The fourth-order valence-electron chi connectivity index (χ4n) is 1.43. The first-order valence-electron chi connectivity index (χ1n) is 5.54. The average molecular weight is 224 g/mol. The minimum absolute atomic E-state index is 0.0623. The predicted octanol–water partition coefficient (Wildman–Crippen LogP) is 3.21. The Hall–Kier alpha value is -1.22. The lowest BCUT2D eigenvalue weighted by molar-refractivity contribution is 0.0490. The van der Waals surface area contributed by atoms with Crippen LogP contribution in [-0.2, 0) is 4.74 Å². The molecule has 0 bridgehead atoms. The standard InChI is InChI=1S/C13H17FO2/c1-3-4-10(2)16-9-13(15)11-5-7-12(14)8-6-11/h5-8,10H,3-4,9H2,1-2H3. The zero-order valence-electron chi connectivity index (χ0n) is 9.70. The van der Waals surface area contributed by atoms with E-state index >= 15 is 0 Å². The molecule has 0 heterocycles. The van der Waals surface area contributed by atoms with Gasteiger partial charge < -0.3 is 4.74 Å². The van der Waals surface area contributed by atoms with Crippen LogP contribution in [0.2, 0.25) is 0 Å². The van der Waals surface area contributed by atoms with E-state index in [4.69, 9.17) is 4.74 Å². The van der Waals surface area contributed by atoms with Gasteiger partial charge in [0.15, 0.2) is 5.78 Å². The van der Waals surface area contributed by atoms with Crippen molar-refractivity contribution in [3.8, 4) is 0 Å². The highest BCUT2D eigenvalue weighted by atomic mass is 19.1. The molecule has 1 aromatic carbocycles. The first-order chi connectivity index (χ1) is 7.63. The number of ether oxygens (including phenoxy) is 1. The summed E-state index contributed by atoms with van der Waals surface area (Å²) in [6.07, 6.45) is 2.07. The van der Waals surface area contributed by atoms with Crippen LogP contribution >= 0.6 is 0 Å². The molecule has 0 aliphatic rings. The Balaban J connectivity index is 2.43. The molecule has 0 radical (unpaired) electrons. The quantitative estimate of drug-likeness (QED) is 0.693. The Labute approximate surface area is 95.4 Å². The van der Waals surface area contributed by atoms with Gasteiger partial charge in [0.05, 0.1) is 6.10 Å². The van der Waals surface area contributed by atoms with E-state index in [-0.39, 0.29) is 24.3 Å². The number of halogens is 1. The third-order valence-electron chi connectivity index (χ3n) is 2.36. The molecule has 0 aromatic heterocycles. The van der Waals surface area contributed by atoms with Crippen molar-refractivity contribution in [1.82, 2.24) is 0 Å². The summed E-state index contributed by atoms with van der Waals surface area (Å²) in [5.41, 5.74) is 0.491. The Kier molecular flexibility index (Phi) is 5.12. The van der Waals surface area contributed by atoms with Gasteiger partial charge in [-0.05, 0) is 37.6 Å². The maximum atomic E-state index is 12.6. The van der Waals surface area contributed by atoms with E-state index in [1.54, 1.807) is 0 Å². The van der Waals surface area contributed by atoms with Crippen molar-refractivity contribution in [2.45, 2.75) is 32.8 Å². The summed E-state index contributed by atoms with van der Waals surface area (Å²) in [4.78, 5) is 11.6. The topological polar surface area (TPSA) is 26.3 Å². The number of Topliss-reactive ketones (excluding diaryl/α,β-unsaturated/α-hetero) is 1. The highest BCUT2D eigenvalue weighted by molar-refractivity contribution is 5.97. The van der Waals surface area contributed by atoms with Crippen LogP contribution in [0.15, 0.2) is 24.3 Å². The first kappa shape index (κ1) is 12.8. The highest BCUT2D eigenvalue weighted by Gasteiger charge is 2.08. The van der Waals surface area contributed by atoms with Gasteiger partial charge in [-0.25, -0.2) is 4.39 Å². The van der Waals surface area contributed by atoms with Gasteiger partial charge in [-0.1, -0.05) is 13.3 Å². The number of ketones is 1. The van der Waals surface area contributed by atoms with Gasteiger partial charge in [0.25, 0.3) is 0 Å². The van der Waals surface area contributed by atoms with Gasteiger partial charge >= 0.3 is 0 Å². The molecule has 0 fully saturated rings. The van der Waals surface area contributed by atoms with Crippen LogP contribution in [0.25, 0.3) is 0 Å². The second-order valence-electron chi connectivity index (χ2n) is 3.84. The predicted molar refractivity (Wildman–Crippen MR) is 61.1 cm³/mol. The molecule has 0 amide bonds. The SMILES string of the molecule is CCCC(C)OCC(=O)c1ccc(F)cc1. The Morgan fingerprint density at radius 2 is 2.00 bits per heavy atom. The molecule has 1 rings (SSSR count). The van der Waals surface area contributed by atoms with Crippen LogP contribution < -0.4 is 0 Å². The zero-order valence-corrected chi connectivity index (χ0v) is 9.70. The zero-order chi connectivity index (χ0) is 12.0. The summed E-state index contributed by atoms with van der Waals surface area (Å²) in [5.74, 6) is -0.445. The third kappa shape index (κ3) is 4.11. The molecular formula is C13H17FO2. The fourth-order valence-corrected chi connectivity index (χ4v) is 1.43. The molecule has 88 valence electrons. The maximum Gasteiger partial charge on any atom is 0.188 e. The summed E-state index contributed by atoms with van der Waals surface area (Å²) in [6, 6.07) is 5.52. The van der Waals surface area contributed by atoms with Crippen LogP contribution in [-0.4, -0.2) is 18.5 Å². The molecule has 0 aliphatic heterocycles. The molecule has 1 atom stereocenters. The van der Waals surface area contributed by atoms with Crippen molar-refractivity contribution < 1.29 is 13.9 Å². The lowest BCUT2D eigenvalue weighted by atomic mass is 10.1. The molecule has 3 heteroatoms. The lowest BCUT2D eigenvalue weighted by Gasteiger charge is -2.10. The molecule has 16 heavy (non-hydrogen) atoms. The molecule has 2 nitrogen and oxygen atoms in total. The van der Waals surface area contributed by atoms with E-state index in [0.717, 1.165) is 12.8 Å². The number of hydrogen-bond donors (Lipinski definition) is 0. The normalized spacial score (nSPS) is 12.4. The smallest absolute Gasteiger partial charge is 0.188 e. The first-order valence-corrected chi connectivity index (χ1v) is 5.54. The number of hydrogen-bond acceptors (Lipinski definition) is 2. The van der Waals surface area contributed by atoms with E-state index < -0.39 is 0 Å². The number of carbonyl (C=O) groups is 1.